The van der Waals surface area contributed by atoms with E-state index in [1.165, 1.54) is 12.1 Å². The zero-order valence-electron chi connectivity index (χ0n) is 16.9. The Morgan fingerprint density at radius 1 is 1.10 bits per heavy atom. The molecule has 0 saturated heterocycles. The van der Waals surface area contributed by atoms with Gasteiger partial charge in [0.2, 0.25) is 0 Å². The molecule has 152 valence electrons. The molecule has 0 aliphatic heterocycles. The molecule has 1 fully saturated rings. The maximum Gasteiger partial charge on any atom is 0.251 e. The van der Waals surface area contributed by atoms with Crippen molar-refractivity contribution in [1.82, 2.24) is 9.88 Å². The molecule has 1 aliphatic carbocycles. The highest BCUT2D eigenvalue weighted by molar-refractivity contribution is 5.98. The topological polar surface area (TPSA) is 54.3 Å². The molecule has 0 spiro atoms. The van der Waals surface area contributed by atoms with Crippen molar-refractivity contribution in [3.8, 4) is 5.69 Å². The summed E-state index contributed by atoms with van der Waals surface area (Å²) >= 11 is 0. The molecule has 0 unspecified atom stereocenters. The summed E-state index contributed by atoms with van der Waals surface area (Å²) in [4.78, 5) is 12.7. The summed E-state index contributed by atoms with van der Waals surface area (Å²) in [5, 5.41) is 14.3. The first-order chi connectivity index (χ1) is 13.8. The van der Waals surface area contributed by atoms with E-state index in [1.807, 2.05) is 54.9 Å². The predicted octanol–water partition coefficient (Wildman–Crippen LogP) is 4.83. The number of benzene rings is 2. The highest BCUT2D eigenvalue weighted by Gasteiger charge is 2.31. The van der Waals surface area contributed by atoms with Crippen LogP contribution in [0, 0.1) is 11.7 Å². The molecule has 1 aromatic heterocycles. The van der Waals surface area contributed by atoms with Gasteiger partial charge in [0.1, 0.15) is 5.82 Å². The molecule has 2 aromatic carbocycles. The van der Waals surface area contributed by atoms with E-state index in [4.69, 9.17) is 0 Å². The molecule has 1 heterocycles. The lowest BCUT2D eigenvalue weighted by Crippen LogP contribution is -2.41. The van der Waals surface area contributed by atoms with Crippen LogP contribution in [0.3, 0.4) is 0 Å². The lowest BCUT2D eigenvalue weighted by atomic mass is 9.77. The van der Waals surface area contributed by atoms with E-state index < -0.39 is 5.60 Å². The molecule has 29 heavy (non-hydrogen) atoms. The fourth-order valence-corrected chi connectivity index (χ4v) is 4.35. The van der Waals surface area contributed by atoms with Gasteiger partial charge in [0, 0.05) is 28.9 Å². The minimum Gasteiger partial charge on any atom is -0.390 e. The van der Waals surface area contributed by atoms with Crippen molar-refractivity contribution in [1.29, 1.82) is 0 Å². The zero-order chi connectivity index (χ0) is 20.6. The van der Waals surface area contributed by atoms with Crippen molar-refractivity contribution in [2.75, 3.05) is 0 Å². The number of nitrogens with zero attached hydrogens (tertiary/aromatic N) is 1. The molecular weight excluding hydrogens is 367 g/mol. The van der Waals surface area contributed by atoms with Gasteiger partial charge in [-0.1, -0.05) is 6.07 Å². The summed E-state index contributed by atoms with van der Waals surface area (Å²) in [6.07, 6.45) is 5.50. The Kier molecular flexibility index (Phi) is 5.17. The van der Waals surface area contributed by atoms with Gasteiger partial charge in [-0.2, -0.15) is 0 Å². The van der Waals surface area contributed by atoms with E-state index in [0.29, 0.717) is 5.56 Å². The number of halogens is 1. The Morgan fingerprint density at radius 3 is 2.55 bits per heavy atom. The van der Waals surface area contributed by atoms with Gasteiger partial charge in [0.15, 0.2) is 0 Å². The monoisotopic (exact) mass is 394 g/mol. The highest BCUT2D eigenvalue weighted by Crippen LogP contribution is 2.32. The standard InChI is InChI=1S/C24H27FN2O2/c1-24(2,29)18-7-9-20(10-8-18)26-23(28)17-6-11-22-16(14-17)12-13-27(22)21-5-3-4-19(25)15-21/h3-6,11-15,18,20,29H,7-10H2,1-2H3,(H,26,28). The average Bonchev–Trinajstić information content (AvgIpc) is 3.11. The maximum absolute atomic E-state index is 13.6. The van der Waals surface area contributed by atoms with Gasteiger partial charge in [0.25, 0.3) is 5.91 Å². The quantitative estimate of drug-likeness (QED) is 0.666. The van der Waals surface area contributed by atoms with Crippen LogP contribution in [-0.2, 0) is 0 Å². The first-order valence-electron chi connectivity index (χ1n) is 10.2. The van der Waals surface area contributed by atoms with E-state index in [2.05, 4.69) is 5.32 Å². The van der Waals surface area contributed by atoms with Gasteiger partial charge in [-0.15, -0.1) is 0 Å². The molecule has 4 nitrogen and oxygen atoms in total. The first-order valence-corrected chi connectivity index (χ1v) is 10.2. The maximum atomic E-state index is 13.6. The van der Waals surface area contributed by atoms with E-state index in [-0.39, 0.29) is 23.7 Å². The third-order valence-electron chi connectivity index (χ3n) is 6.10. The van der Waals surface area contributed by atoms with Crippen LogP contribution >= 0.6 is 0 Å². The highest BCUT2D eigenvalue weighted by atomic mass is 19.1. The number of fused-ring (bicyclic) bond motifs is 1. The largest absolute Gasteiger partial charge is 0.390 e. The molecule has 3 aromatic rings. The Balaban J connectivity index is 1.47. The molecule has 0 radical (unpaired) electrons. The second-order valence-corrected chi connectivity index (χ2v) is 8.61. The van der Waals surface area contributed by atoms with Gasteiger partial charge in [-0.3, -0.25) is 4.79 Å². The number of amides is 1. The van der Waals surface area contributed by atoms with Crippen molar-refractivity contribution in [3.05, 3.63) is 66.1 Å². The van der Waals surface area contributed by atoms with Crippen LogP contribution in [-0.4, -0.2) is 27.2 Å². The minimum atomic E-state index is -0.658. The summed E-state index contributed by atoms with van der Waals surface area (Å²) in [7, 11) is 0. The van der Waals surface area contributed by atoms with Crippen LogP contribution in [0.2, 0.25) is 0 Å². The van der Waals surface area contributed by atoms with E-state index in [9.17, 15) is 14.3 Å². The smallest absolute Gasteiger partial charge is 0.251 e. The third kappa shape index (κ3) is 4.20. The van der Waals surface area contributed by atoms with Crippen LogP contribution in [0.4, 0.5) is 4.39 Å². The first kappa shape index (κ1) is 19.6. The number of hydrogen-bond donors (Lipinski definition) is 2. The Bertz CT molecular complexity index is 1030. The van der Waals surface area contributed by atoms with Crippen LogP contribution in [0.1, 0.15) is 49.9 Å². The van der Waals surface area contributed by atoms with E-state index in [1.54, 1.807) is 6.07 Å². The number of carbonyl (C=O) groups is 1. The number of aromatic nitrogens is 1. The fourth-order valence-electron chi connectivity index (χ4n) is 4.35. The summed E-state index contributed by atoms with van der Waals surface area (Å²) in [5.74, 6) is -0.0636. The number of aliphatic hydroxyl groups is 1. The van der Waals surface area contributed by atoms with Crippen LogP contribution in [0.15, 0.2) is 54.7 Å². The fraction of sp³-hybridized carbons (Fsp3) is 0.375. The van der Waals surface area contributed by atoms with Gasteiger partial charge >= 0.3 is 0 Å². The van der Waals surface area contributed by atoms with Gasteiger partial charge in [-0.25, -0.2) is 4.39 Å². The number of nitrogens with one attached hydrogen (secondary N) is 1. The molecule has 0 atom stereocenters. The van der Waals surface area contributed by atoms with Crippen LogP contribution < -0.4 is 5.32 Å². The molecule has 4 rings (SSSR count). The summed E-state index contributed by atoms with van der Waals surface area (Å²) in [6.45, 7) is 3.73. The Labute approximate surface area is 170 Å². The van der Waals surface area contributed by atoms with Gasteiger partial charge in [-0.05, 0) is 87.9 Å². The lowest BCUT2D eigenvalue weighted by Gasteiger charge is -2.36. The zero-order valence-corrected chi connectivity index (χ0v) is 16.9. The molecule has 2 N–H and O–H groups in total. The molecule has 1 saturated carbocycles. The van der Waals surface area contributed by atoms with Crippen molar-refractivity contribution < 1.29 is 14.3 Å². The summed E-state index contributed by atoms with van der Waals surface area (Å²) in [6, 6.07) is 14.1. The minimum absolute atomic E-state index is 0.0721. The van der Waals surface area contributed by atoms with Crippen molar-refractivity contribution in [3.63, 3.8) is 0 Å². The third-order valence-corrected chi connectivity index (χ3v) is 6.10. The number of rotatable bonds is 4. The molecule has 5 heteroatoms. The van der Waals surface area contributed by atoms with E-state index in [0.717, 1.165) is 42.3 Å². The number of hydrogen-bond acceptors (Lipinski definition) is 2. The van der Waals surface area contributed by atoms with Crippen molar-refractivity contribution in [2.24, 2.45) is 5.92 Å². The van der Waals surface area contributed by atoms with Gasteiger partial charge < -0.3 is 15.0 Å². The Morgan fingerprint density at radius 2 is 1.86 bits per heavy atom. The molecule has 0 bridgehead atoms. The lowest BCUT2D eigenvalue weighted by molar-refractivity contribution is -0.00257. The normalized spacial score (nSPS) is 20.0. The summed E-state index contributed by atoms with van der Waals surface area (Å²) < 4.78 is 15.5. The average molecular weight is 394 g/mol. The van der Waals surface area contributed by atoms with Crippen LogP contribution in [0.5, 0.6) is 0 Å². The summed E-state index contributed by atoms with van der Waals surface area (Å²) in [5.41, 5.74) is 1.65. The second kappa shape index (κ2) is 7.64. The van der Waals surface area contributed by atoms with Crippen LogP contribution in [0.25, 0.3) is 16.6 Å². The second-order valence-electron chi connectivity index (χ2n) is 8.61. The van der Waals surface area contributed by atoms with E-state index >= 15 is 0 Å². The van der Waals surface area contributed by atoms with Crippen molar-refractivity contribution in [2.45, 2.75) is 51.2 Å². The molecular formula is C24H27FN2O2. The SMILES string of the molecule is CC(C)(O)C1CCC(NC(=O)c2ccc3c(ccn3-c3cccc(F)c3)c2)CC1. The van der Waals surface area contributed by atoms with Crippen molar-refractivity contribution >= 4 is 16.8 Å². The Hall–Kier alpha value is -2.66. The predicted molar refractivity (Wildman–Crippen MR) is 113 cm³/mol. The van der Waals surface area contributed by atoms with Gasteiger partial charge in [0.05, 0.1) is 11.1 Å². The molecule has 1 aliphatic rings. The molecule has 1 amide bonds. The number of carbonyl (C=O) groups excluding carboxylic acids is 1.